The van der Waals surface area contributed by atoms with Crippen LogP contribution in [0.2, 0.25) is 0 Å². The fourth-order valence-corrected chi connectivity index (χ4v) is 1.83. The highest BCUT2D eigenvalue weighted by molar-refractivity contribution is 5.84. The van der Waals surface area contributed by atoms with Gasteiger partial charge >= 0.3 is 6.18 Å². The average Bonchev–Trinajstić information content (AvgIpc) is 2.54. The Balaban J connectivity index is 1.80. The molecule has 0 bridgehead atoms. The number of rotatable bonds is 5. The number of halogens is 3. The van der Waals surface area contributed by atoms with Crippen molar-refractivity contribution in [3.63, 3.8) is 0 Å². The first-order valence-corrected chi connectivity index (χ1v) is 7.14. The van der Waals surface area contributed by atoms with Crippen molar-refractivity contribution < 1.29 is 18.0 Å². The first-order chi connectivity index (χ1) is 11.3. The number of aryl methyl sites for hydroxylation is 1. The maximum absolute atomic E-state index is 12.4. The second-order valence-electron chi connectivity index (χ2n) is 5.13. The van der Waals surface area contributed by atoms with Crippen LogP contribution in [-0.2, 0) is 11.0 Å². The van der Waals surface area contributed by atoms with Gasteiger partial charge in [-0.3, -0.25) is 4.79 Å². The van der Waals surface area contributed by atoms with Gasteiger partial charge in [0, 0.05) is 5.69 Å². The van der Waals surface area contributed by atoms with Crippen molar-refractivity contribution in [1.29, 1.82) is 0 Å². The number of amides is 1. The van der Waals surface area contributed by atoms with E-state index in [1.807, 2.05) is 31.2 Å². The minimum absolute atomic E-state index is 0.0351. The number of nitrogens with zero attached hydrogens (tertiary/aromatic N) is 1. The summed E-state index contributed by atoms with van der Waals surface area (Å²) in [6.45, 7) is 2.00. The summed E-state index contributed by atoms with van der Waals surface area (Å²) in [5, 5.41) is 6.65. The Bertz CT molecular complexity index is 707. The van der Waals surface area contributed by atoms with Crippen molar-refractivity contribution in [1.82, 2.24) is 5.43 Å². The monoisotopic (exact) mass is 335 g/mol. The molecule has 0 unspecified atom stereocenters. The molecular weight excluding hydrogens is 319 g/mol. The van der Waals surface area contributed by atoms with Crippen molar-refractivity contribution in [2.75, 3.05) is 11.9 Å². The third-order valence-electron chi connectivity index (χ3n) is 3.15. The zero-order valence-electron chi connectivity index (χ0n) is 12.9. The van der Waals surface area contributed by atoms with Gasteiger partial charge in [-0.05, 0) is 36.8 Å². The lowest BCUT2D eigenvalue weighted by molar-refractivity contribution is -0.137. The van der Waals surface area contributed by atoms with Gasteiger partial charge in [0.25, 0.3) is 5.91 Å². The highest BCUT2D eigenvalue weighted by Crippen LogP contribution is 2.28. The number of hydrazone groups is 1. The molecule has 7 heteroatoms. The van der Waals surface area contributed by atoms with Crippen LogP contribution < -0.4 is 10.7 Å². The average molecular weight is 335 g/mol. The van der Waals surface area contributed by atoms with E-state index >= 15 is 0 Å². The van der Waals surface area contributed by atoms with Gasteiger partial charge in [-0.15, -0.1) is 0 Å². The molecule has 2 aromatic rings. The van der Waals surface area contributed by atoms with Gasteiger partial charge < -0.3 is 5.32 Å². The highest BCUT2D eigenvalue weighted by atomic mass is 19.4. The number of carbonyl (C=O) groups is 1. The minimum Gasteiger partial charge on any atom is -0.376 e. The molecule has 2 N–H and O–H groups in total. The van der Waals surface area contributed by atoms with Crippen LogP contribution in [0.1, 0.15) is 16.7 Å². The van der Waals surface area contributed by atoms with Crippen molar-refractivity contribution in [3.8, 4) is 0 Å². The Morgan fingerprint density at radius 1 is 1.08 bits per heavy atom. The Labute approximate surface area is 137 Å². The van der Waals surface area contributed by atoms with Crippen LogP contribution in [0.4, 0.5) is 18.9 Å². The molecule has 4 nitrogen and oxygen atoms in total. The van der Waals surface area contributed by atoms with E-state index in [1.165, 1.54) is 18.3 Å². The van der Waals surface area contributed by atoms with Crippen molar-refractivity contribution in [3.05, 3.63) is 65.2 Å². The van der Waals surface area contributed by atoms with E-state index in [1.54, 1.807) is 0 Å². The van der Waals surface area contributed by atoms with E-state index < -0.39 is 11.7 Å². The molecule has 126 valence electrons. The molecule has 0 spiro atoms. The number of nitrogens with one attached hydrogen (secondary N) is 2. The number of alkyl halides is 3. The van der Waals surface area contributed by atoms with E-state index in [0.717, 1.165) is 23.4 Å². The molecule has 1 amide bonds. The predicted octanol–water partition coefficient (Wildman–Crippen LogP) is 3.58. The van der Waals surface area contributed by atoms with Gasteiger partial charge in [0.2, 0.25) is 0 Å². The number of carbonyl (C=O) groups excluding carboxylic acids is 1. The lowest BCUT2D eigenvalue weighted by Crippen LogP contribution is -2.25. The summed E-state index contributed by atoms with van der Waals surface area (Å²) in [5.74, 6) is -0.362. The fourth-order valence-electron chi connectivity index (χ4n) is 1.83. The van der Waals surface area contributed by atoms with E-state index in [-0.39, 0.29) is 12.5 Å². The Morgan fingerprint density at radius 3 is 2.29 bits per heavy atom. The molecule has 2 rings (SSSR count). The van der Waals surface area contributed by atoms with E-state index in [0.29, 0.717) is 5.56 Å². The third-order valence-corrected chi connectivity index (χ3v) is 3.15. The SMILES string of the molecule is Cc1ccc(NCC(=O)N/N=C/c2ccc(C(F)(F)F)cc2)cc1. The zero-order chi connectivity index (χ0) is 17.6. The summed E-state index contributed by atoms with van der Waals surface area (Å²) in [5.41, 5.74) is 3.95. The van der Waals surface area contributed by atoms with Crippen LogP contribution in [0.3, 0.4) is 0 Å². The smallest absolute Gasteiger partial charge is 0.376 e. The number of anilines is 1. The lowest BCUT2D eigenvalue weighted by atomic mass is 10.1. The number of hydrogen-bond donors (Lipinski definition) is 2. The topological polar surface area (TPSA) is 53.5 Å². The van der Waals surface area contributed by atoms with E-state index in [2.05, 4.69) is 15.8 Å². The minimum atomic E-state index is -4.37. The van der Waals surface area contributed by atoms with Crippen LogP contribution in [0.15, 0.2) is 53.6 Å². The number of benzene rings is 2. The summed E-state index contributed by atoms with van der Waals surface area (Å²) in [6, 6.07) is 12.0. The van der Waals surface area contributed by atoms with Gasteiger partial charge in [-0.2, -0.15) is 18.3 Å². The molecule has 0 saturated heterocycles. The van der Waals surface area contributed by atoms with Gasteiger partial charge in [-0.1, -0.05) is 29.8 Å². The molecule has 0 aliphatic carbocycles. The maximum atomic E-state index is 12.4. The third kappa shape index (κ3) is 5.42. The molecular formula is C17H16F3N3O. The molecule has 0 aliphatic heterocycles. The van der Waals surface area contributed by atoms with Crippen LogP contribution >= 0.6 is 0 Å². The summed E-state index contributed by atoms with van der Waals surface area (Å²) in [7, 11) is 0. The van der Waals surface area contributed by atoms with Crippen molar-refractivity contribution in [2.24, 2.45) is 5.10 Å². The summed E-state index contributed by atoms with van der Waals surface area (Å²) in [4.78, 5) is 11.6. The Hall–Kier alpha value is -2.83. The quantitative estimate of drug-likeness (QED) is 0.648. The van der Waals surface area contributed by atoms with Gasteiger partial charge in [0.1, 0.15) is 0 Å². The summed E-state index contributed by atoms with van der Waals surface area (Å²) in [6.07, 6.45) is -3.09. The highest BCUT2D eigenvalue weighted by Gasteiger charge is 2.29. The fraction of sp³-hybridized carbons (Fsp3) is 0.176. The molecule has 0 aliphatic rings. The normalized spacial score (nSPS) is 11.5. The number of hydrogen-bond acceptors (Lipinski definition) is 3. The second kappa shape index (κ2) is 7.63. The Morgan fingerprint density at radius 2 is 1.71 bits per heavy atom. The standard InChI is InChI=1S/C17H16F3N3O/c1-12-2-8-15(9-3-12)21-11-16(24)23-22-10-13-4-6-14(7-5-13)17(18,19)20/h2-10,21H,11H2,1H3,(H,23,24)/b22-10+. The zero-order valence-corrected chi connectivity index (χ0v) is 12.9. The van der Waals surface area contributed by atoms with Crippen molar-refractivity contribution in [2.45, 2.75) is 13.1 Å². The van der Waals surface area contributed by atoms with Gasteiger partial charge in [0.05, 0.1) is 18.3 Å². The van der Waals surface area contributed by atoms with Crippen LogP contribution in [0.5, 0.6) is 0 Å². The van der Waals surface area contributed by atoms with E-state index in [9.17, 15) is 18.0 Å². The molecule has 0 saturated carbocycles. The first kappa shape index (κ1) is 17.5. The summed E-state index contributed by atoms with van der Waals surface area (Å²) >= 11 is 0. The van der Waals surface area contributed by atoms with E-state index in [4.69, 9.17) is 0 Å². The molecule has 0 radical (unpaired) electrons. The lowest BCUT2D eigenvalue weighted by Gasteiger charge is -2.06. The molecule has 0 atom stereocenters. The van der Waals surface area contributed by atoms with Crippen LogP contribution in [-0.4, -0.2) is 18.7 Å². The molecule has 24 heavy (non-hydrogen) atoms. The predicted molar refractivity (Wildman–Crippen MR) is 86.8 cm³/mol. The van der Waals surface area contributed by atoms with Crippen LogP contribution in [0.25, 0.3) is 0 Å². The first-order valence-electron chi connectivity index (χ1n) is 7.14. The molecule has 2 aromatic carbocycles. The molecule has 0 heterocycles. The van der Waals surface area contributed by atoms with Crippen molar-refractivity contribution >= 4 is 17.8 Å². The molecule has 0 fully saturated rings. The molecule has 0 aromatic heterocycles. The summed E-state index contributed by atoms with van der Waals surface area (Å²) < 4.78 is 37.3. The maximum Gasteiger partial charge on any atom is 0.416 e. The van der Waals surface area contributed by atoms with Gasteiger partial charge in [-0.25, -0.2) is 5.43 Å². The second-order valence-corrected chi connectivity index (χ2v) is 5.13. The van der Waals surface area contributed by atoms with Crippen LogP contribution in [0, 0.1) is 6.92 Å². The Kier molecular flexibility index (Phi) is 5.57. The largest absolute Gasteiger partial charge is 0.416 e. The van der Waals surface area contributed by atoms with Gasteiger partial charge in [0.15, 0.2) is 0 Å².